The van der Waals surface area contributed by atoms with Gasteiger partial charge in [0.05, 0.1) is 0 Å². The van der Waals surface area contributed by atoms with Crippen LogP contribution in [0.3, 0.4) is 0 Å². The summed E-state index contributed by atoms with van der Waals surface area (Å²) in [5, 5.41) is 2.83. The number of pyridine rings is 1. The Bertz CT molecular complexity index is 807. The van der Waals surface area contributed by atoms with E-state index < -0.39 is 5.91 Å². The molecule has 1 aliphatic rings. The van der Waals surface area contributed by atoms with Crippen molar-refractivity contribution in [2.24, 2.45) is 0 Å². The van der Waals surface area contributed by atoms with E-state index in [1.807, 2.05) is 19.1 Å². The van der Waals surface area contributed by atoms with E-state index in [2.05, 4.69) is 33.1 Å². The van der Waals surface area contributed by atoms with Crippen molar-refractivity contribution in [1.29, 1.82) is 0 Å². The van der Waals surface area contributed by atoms with Crippen LogP contribution in [0.1, 0.15) is 22.8 Å². The average Bonchev–Trinajstić information content (AvgIpc) is 2.63. The highest BCUT2D eigenvalue weighted by Gasteiger charge is 2.17. The molecule has 1 amide bonds. The maximum atomic E-state index is 12.3. The van der Waals surface area contributed by atoms with E-state index in [-0.39, 0.29) is 11.1 Å². The molecule has 1 saturated heterocycles. The van der Waals surface area contributed by atoms with Crippen LogP contribution in [0.2, 0.25) is 0 Å². The maximum Gasteiger partial charge on any atom is 0.261 e. The topological polar surface area (TPSA) is 68.4 Å². The van der Waals surface area contributed by atoms with Crippen LogP contribution in [0.4, 0.5) is 11.4 Å². The minimum atomic E-state index is -0.394. The fraction of sp³-hybridized carbons (Fsp3) is 0.368. The quantitative estimate of drug-likeness (QED) is 0.894. The Morgan fingerprint density at radius 1 is 1.20 bits per heavy atom. The largest absolute Gasteiger partial charge is 0.369 e. The van der Waals surface area contributed by atoms with Crippen LogP contribution in [-0.2, 0) is 0 Å². The summed E-state index contributed by atoms with van der Waals surface area (Å²) >= 11 is 0. The lowest BCUT2D eigenvalue weighted by Crippen LogP contribution is -2.46. The third-order valence-electron chi connectivity index (χ3n) is 4.71. The molecule has 1 fully saturated rings. The molecule has 2 N–H and O–H groups in total. The third kappa shape index (κ3) is 3.91. The van der Waals surface area contributed by atoms with Crippen molar-refractivity contribution in [1.82, 2.24) is 9.88 Å². The molecule has 25 heavy (non-hydrogen) atoms. The van der Waals surface area contributed by atoms with Crippen LogP contribution < -0.4 is 15.8 Å². The summed E-state index contributed by atoms with van der Waals surface area (Å²) in [4.78, 5) is 31.3. The second kappa shape index (κ2) is 7.53. The molecule has 3 rings (SSSR count). The zero-order chi connectivity index (χ0) is 17.8. The minimum Gasteiger partial charge on any atom is -0.369 e. The second-order valence-corrected chi connectivity index (χ2v) is 6.29. The Hall–Kier alpha value is -2.60. The molecule has 0 bridgehead atoms. The lowest BCUT2D eigenvalue weighted by atomic mass is 10.1. The van der Waals surface area contributed by atoms with Crippen molar-refractivity contribution in [3.63, 3.8) is 0 Å². The molecule has 2 aromatic rings. The van der Waals surface area contributed by atoms with Gasteiger partial charge in [0, 0.05) is 43.8 Å². The fourth-order valence-corrected chi connectivity index (χ4v) is 3.10. The second-order valence-electron chi connectivity index (χ2n) is 6.29. The molecule has 0 aliphatic carbocycles. The van der Waals surface area contributed by atoms with Gasteiger partial charge in [-0.15, -0.1) is 0 Å². The third-order valence-corrected chi connectivity index (χ3v) is 4.71. The molecule has 0 spiro atoms. The predicted molar refractivity (Wildman–Crippen MR) is 101 cm³/mol. The number of rotatable bonds is 4. The van der Waals surface area contributed by atoms with Crippen LogP contribution in [0, 0.1) is 6.92 Å². The molecular weight excluding hydrogens is 316 g/mol. The lowest BCUT2D eigenvalue weighted by Gasteiger charge is -2.35. The number of amides is 1. The van der Waals surface area contributed by atoms with Gasteiger partial charge >= 0.3 is 0 Å². The van der Waals surface area contributed by atoms with Gasteiger partial charge < -0.3 is 20.1 Å². The van der Waals surface area contributed by atoms with Crippen molar-refractivity contribution >= 4 is 17.3 Å². The van der Waals surface area contributed by atoms with Crippen LogP contribution in [0.5, 0.6) is 0 Å². The van der Waals surface area contributed by atoms with Gasteiger partial charge in [-0.2, -0.15) is 0 Å². The smallest absolute Gasteiger partial charge is 0.261 e. The van der Waals surface area contributed by atoms with E-state index in [1.54, 1.807) is 6.07 Å². The number of hydrogen-bond donors (Lipinski definition) is 2. The highest BCUT2D eigenvalue weighted by atomic mass is 16.2. The molecule has 6 heteroatoms. The Morgan fingerprint density at radius 2 is 1.96 bits per heavy atom. The number of benzene rings is 1. The lowest BCUT2D eigenvalue weighted by molar-refractivity contribution is 0.102. The van der Waals surface area contributed by atoms with E-state index in [0.29, 0.717) is 0 Å². The van der Waals surface area contributed by atoms with Crippen LogP contribution >= 0.6 is 0 Å². The minimum absolute atomic E-state index is 0.113. The zero-order valence-corrected chi connectivity index (χ0v) is 14.7. The first-order chi connectivity index (χ1) is 12.1. The number of carbonyl (C=O) groups is 1. The van der Waals surface area contributed by atoms with Crippen LogP contribution in [0.25, 0.3) is 0 Å². The number of hydrogen-bond acceptors (Lipinski definition) is 4. The Labute approximate surface area is 147 Å². The molecule has 0 atom stereocenters. The van der Waals surface area contributed by atoms with Crippen LogP contribution in [0.15, 0.2) is 41.3 Å². The monoisotopic (exact) mass is 340 g/mol. The number of aryl methyl sites for hydroxylation is 1. The number of nitrogens with one attached hydrogen (secondary N) is 2. The Kier molecular flexibility index (Phi) is 5.19. The zero-order valence-electron chi connectivity index (χ0n) is 14.7. The van der Waals surface area contributed by atoms with Crippen molar-refractivity contribution in [2.75, 3.05) is 42.9 Å². The summed E-state index contributed by atoms with van der Waals surface area (Å²) < 4.78 is 0. The van der Waals surface area contributed by atoms with Crippen LogP contribution in [-0.4, -0.2) is 48.5 Å². The molecule has 6 nitrogen and oxygen atoms in total. The van der Waals surface area contributed by atoms with Gasteiger partial charge in [0.1, 0.15) is 5.56 Å². The molecule has 132 valence electrons. The number of carbonyl (C=O) groups excluding carboxylic acids is 1. The predicted octanol–water partition coefficient (Wildman–Crippen LogP) is 2.08. The summed E-state index contributed by atoms with van der Waals surface area (Å²) in [5.74, 6) is -0.394. The van der Waals surface area contributed by atoms with E-state index in [4.69, 9.17) is 0 Å². The first-order valence-electron chi connectivity index (χ1n) is 8.65. The number of H-pyrrole nitrogens is 1. The van der Waals surface area contributed by atoms with Gasteiger partial charge in [-0.1, -0.05) is 6.92 Å². The highest BCUT2D eigenvalue weighted by Crippen LogP contribution is 2.24. The molecule has 0 unspecified atom stereocenters. The first-order valence-corrected chi connectivity index (χ1v) is 8.65. The van der Waals surface area contributed by atoms with Gasteiger partial charge in [-0.05, 0) is 49.4 Å². The van der Waals surface area contributed by atoms with Gasteiger partial charge in [-0.25, -0.2) is 0 Å². The molecular formula is C19H24N4O2. The van der Waals surface area contributed by atoms with Gasteiger partial charge in [-0.3, -0.25) is 9.59 Å². The number of piperazine rings is 1. The normalized spacial score (nSPS) is 15.2. The number of anilines is 2. The van der Waals surface area contributed by atoms with E-state index >= 15 is 0 Å². The summed E-state index contributed by atoms with van der Waals surface area (Å²) in [7, 11) is 0. The van der Waals surface area contributed by atoms with E-state index in [9.17, 15) is 9.59 Å². The molecule has 1 aromatic heterocycles. The number of aromatic nitrogens is 1. The Morgan fingerprint density at radius 3 is 2.60 bits per heavy atom. The fourth-order valence-electron chi connectivity index (χ4n) is 3.10. The molecule has 2 heterocycles. The van der Waals surface area contributed by atoms with Crippen molar-refractivity contribution in [3.05, 3.63) is 58.0 Å². The summed E-state index contributed by atoms with van der Waals surface area (Å²) in [6, 6.07) is 9.19. The highest BCUT2D eigenvalue weighted by molar-refractivity contribution is 6.04. The van der Waals surface area contributed by atoms with Crippen molar-refractivity contribution < 1.29 is 4.79 Å². The van der Waals surface area contributed by atoms with E-state index in [1.165, 1.54) is 18.0 Å². The Balaban J connectivity index is 1.71. The standard InChI is InChI=1S/C19H24N4O2/c1-3-22-9-11-23(12-10-22)15-6-7-17(14(2)13-15)21-19(25)16-5-4-8-20-18(16)24/h4-8,13H,3,9-12H2,1-2H3,(H,20,24)(H,21,25). The number of likely N-dealkylation sites (N-methyl/N-ethyl adjacent to an activating group) is 1. The molecule has 0 radical (unpaired) electrons. The number of aromatic amines is 1. The molecule has 0 saturated carbocycles. The maximum absolute atomic E-state index is 12.3. The summed E-state index contributed by atoms with van der Waals surface area (Å²) in [6.45, 7) is 9.43. The van der Waals surface area contributed by atoms with E-state index in [0.717, 1.165) is 44.0 Å². The van der Waals surface area contributed by atoms with Crippen molar-refractivity contribution in [2.45, 2.75) is 13.8 Å². The molecule has 1 aromatic carbocycles. The summed E-state index contributed by atoms with van der Waals surface area (Å²) in [5.41, 5.74) is 2.61. The SMILES string of the molecule is CCN1CCN(c2ccc(NC(=O)c3ccc[nH]c3=O)c(C)c2)CC1. The average molecular weight is 340 g/mol. The van der Waals surface area contributed by atoms with Gasteiger partial charge in [0.2, 0.25) is 0 Å². The first kappa shape index (κ1) is 17.2. The number of nitrogens with zero attached hydrogens (tertiary/aromatic N) is 2. The van der Waals surface area contributed by atoms with Crippen molar-refractivity contribution in [3.8, 4) is 0 Å². The van der Waals surface area contributed by atoms with Gasteiger partial charge in [0.15, 0.2) is 0 Å². The van der Waals surface area contributed by atoms with Gasteiger partial charge in [0.25, 0.3) is 11.5 Å². The summed E-state index contributed by atoms with van der Waals surface area (Å²) in [6.07, 6.45) is 1.51. The molecule has 1 aliphatic heterocycles.